The van der Waals surface area contributed by atoms with Gasteiger partial charge in [0.15, 0.2) is 0 Å². The van der Waals surface area contributed by atoms with Gasteiger partial charge < -0.3 is 9.32 Å². The molecule has 9 aromatic rings. The molecule has 0 fully saturated rings. The van der Waals surface area contributed by atoms with E-state index in [0.29, 0.717) is 0 Å². The topological polar surface area (TPSA) is 16.4 Å². The molecule has 0 saturated carbocycles. The summed E-state index contributed by atoms with van der Waals surface area (Å²) in [4.78, 5) is 5.01. The normalized spacial score (nSPS) is 13.7. The van der Waals surface area contributed by atoms with Crippen molar-refractivity contribution in [3.05, 3.63) is 198 Å². The average molecular weight is 656 g/mol. The summed E-state index contributed by atoms with van der Waals surface area (Å²) in [7, 11) is 0. The minimum absolute atomic E-state index is 0.467. The van der Waals surface area contributed by atoms with Crippen molar-refractivity contribution < 1.29 is 4.42 Å². The summed E-state index contributed by atoms with van der Waals surface area (Å²) in [5, 5.41) is 4.78. The molecule has 0 bridgehead atoms. The molecule has 2 nitrogen and oxygen atoms in total. The van der Waals surface area contributed by atoms with Crippen molar-refractivity contribution in [2.45, 2.75) is 15.2 Å². The summed E-state index contributed by atoms with van der Waals surface area (Å²) in [6, 6.07) is 64.3. The molecule has 0 saturated heterocycles. The highest BCUT2D eigenvalue weighted by molar-refractivity contribution is 7.99. The third kappa shape index (κ3) is 3.70. The van der Waals surface area contributed by atoms with Gasteiger partial charge in [0.2, 0.25) is 0 Å². The van der Waals surface area contributed by atoms with Crippen LogP contribution >= 0.6 is 11.8 Å². The second-order valence-corrected chi connectivity index (χ2v) is 14.3. The van der Waals surface area contributed by atoms with Gasteiger partial charge in [-0.3, -0.25) is 0 Å². The van der Waals surface area contributed by atoms with Crippen LogP contribution in [0.3, 0.4) is 0 Å². The highest BCUT2D eigenvalue weighted by Gasteiger charge is 2.48. The largest absolute Gasteiger partial charge is 0.456 e. The van der Waals surface area contributed by atoms with Crippen LogP contribution < -0.4 is 4.90 Å². The molecule has 0 N–H and O–H groups in total. The summed E-state index contributed by atoms with van der Waals surface area (Å²) >= 11 is 1.88. The van der Waals surface area contributed by atoms with Crippen LogP contribution in [0.1, 0.15) is 22.3 Å². The van der Waals surface area contributed by atoms with Crippen LogP contribution in [0.15, 0.2) is 190 Å². The molecule has 8 aromatic carbocycles. The van der Waals surface area contributed by atoms with Crippen molar-refractivity contribution in [2.75, 3.05) is 4.90 Å². The fourth-order valence-electron chi connectivity index (χ4n) is 8.75. The number of nitrogens with zero attached hydrogens (tertiary/aromatic N) is 1. The van der Waals surface area contributed by atoms with E-state index in [1.807, 2.05) is 23.9 Å². The highest BCUT2D eigenvalue weighted by atomic mass is 32.2. The quantitative estimate of drug-likeness (QED) is 0.188. The van der Waals surface area contributed by atoms with Crippen LogP contribution in [-0.2, 0) is 5.41 Å². The summed E-state index contributed by atoms with van der Waals surface area (Å²) in [6.45, 7) is 0. The Morgan fingerprint density at radius 1 is 0.420 bits per heavy atom. The Morgan fingerprint density at radius 2 is 1.06 bits per heavy atom. The summed E-state index contributed by atoms with van der Waals surface area (Å²) < 4.78 is 6.42. The van der Waals surface area contributed by atoms with E-state index >= 15 is 0 Å². The maximum atomic E-state index is 6.42. The lowest BCUT2D eigenvalue weighted by atomic mass is 9.59. The third-order valence-electron chi connectivity index (χ3n) is 10.7. The van der Waals surface area contributed by atoms with Crippen LogP contribution in [-0.4, -0.2) is 0 Å². The molecule has 1 aliphatic heterocycles. The summed E-state index contributed by atoms with van der Waals surface area (Å²) in [5.41, 5.74) is 12.5. The molecule has 11 rings (SSSR count). The van der Waals surface area contributed by atoms with Gasteiger partial charge >= 0.3 is 0 Å². The number of fused-ring (bicyclic) bond motifs is 11. The van der Waals surface area contributed by atoms with Gasteiger partial charge in [0, 0.05) is 43.4 Å². The van der Waals surface area contributed by atoms with Crippen molar-refractivity contribution in [1.29, 1.82) is 0 Å². The Bertz CT molecular complexity index is 2770. The first-order chi connectivity index (χ1) is 24.8. The van der Waals surface area contributed by atoms with Crippen LogP contribution in [0.5, 0.6) is 0 Å². The number of hydrogen-bond acceptors (Lipinski definition) is 3. The SMILES string of the molecule is c1ccc(N(c2ccc3c(c2)oc2ccccc23)c2ccc3c4c(cccc24)C2(c4ccccc4Sc4ccccc42)c2ccccc2-3)cc1. The zero-order valence-electron chi connectivity index (χ0n) is 27.0. The number of hydrogen-bond donors (Lipinski definition) is 0. The van der Waals surface area contributed by atoms with E-state index in [9.17, 15) is 0 Å². The molecule has 2 aliphatic rings. The molecule has 234 valence electrons. The second kappa shape index (κ2) is 10.5. The number of rotatable bonds is 3. The first kappa shape index (κ1) is 27.9. The van der Waals surface area contributed by atoms with E-state index < -0.39 is 5.41 Å². The number of anilines is 3. The van der Waals surface area contributed by atoms with Gasteiger partial charge in [0.25, 0.3) is 0 Å². The second-order valence-electron chi connectivity index (χ2n) is 13.2. The van der Waals surface area contributed by atoms with Crippen LogP contribution in [0, 0.1) is 0 Å². The smallest absolute Gasteiger partial charge is 0.137 e. The lowest BCUT2D eigenvalue weighted by Gasteiger charge is -2.46. The first-order valence-corrected chi connectivity index (χ1v) is 17.9. The maximum absolute atomic E-state index is 6.42. The predicted molar refractivity (Wildman–Crippen MR) is 207 cm³/mol. The molecule has 1 aliphatic carbocycles. The van der Waals surface area contributed by atoms with E-state index in [-0.39, 0.29) is 0 Å². The van der Waals surface area contributed by atoms with E-state index in [0.717, 1.165) is 39.0 Å². The Morgan fingerprint density at radius 3 is 1.88 bits per heavy atom. The molecule has 50 heavy (non-hydrogen) atoms. The zero-order chi connectivity index (χ0) is 32.8. The van der Waals surface area contributed by atoms with Crippen LogP contribution in [0.25, 0.3) is 43.8 Å². The van der Waals surface area contributed by atoms with Crippen LogP contribution in [0.2, 0.25) is 0 Å². The van der Waals surface area contributed by atoms with Gasteiger partial charge in [-0.25, -0.2) is 0 Å². The third-order valence-corrected chi connectivity index (χ3v) is 11.9. The number of furan rings is 1. The Labute approximate surface area is 294 Å². The predicted octanol–water partition coefficient (Wildman–Crippen LogP) is 13.0. The molecule has 0 unspecified atom stereocenters. The maximum Gasteiger partial charge on any atom is 0.137 e. The Balaban J connectivity index is 1.24. The van der Waals surface area contributed by atoms with E-state index in [2.05, 4.69) is 169 Å². The minimum Gasteiger partial charge on any atom is -0.456 e. The molecular weight excluding hydrogens is 627 g/mol. The number of benzene rings is 8. The highest BCUT2D eigenvalue weighted by Crippen LogP contribution is 2.62. The molecule has 0 amide bonds. The molecule has 0 radical (unpaired) electrons. The molecular formula is C47H29NOS. The van der Waals surface area contributed by atoms with Crippen molar-refractivity contribution in [3.8, 4) is 11.1 Å². The van der Waals surface area contributed by atoms with Crippen molar-refractivity contribution in [1.82, 2.24) is 0 Å². The van der Waals surface area contributed by atoms with Gasteiger partial charge in [-0.15, -0.1) is 0 Å². The van der Waals surface area contributed by atoms with Gasteiger partial charge in [-0.1, -0.05) is 133 Å². The van der Waals surface area contributed by atoms with Gasteiger partial charge in [0.05, 0.1) is 11.1 Å². The van der Waals surface area contributed by atoms with Crippen LogP contribution in [0.4, 0.5) is 17.1 Å². The van der Waals surface area contributed by atoms with Gasteiger partial charge in [0.1, 0.15) is 11.2 Å². The van der Waals surface area contributed by atoms with Crippen molar-refractivity contribution in [3.63, 3.8) is 0 Å². The zero-order valence-corrected chi connectivity index (χ0v) is 27.8. The first-order valence-electron chi connectivity index (χ1n) is 17.1. The summed E-state index contributed by atoms with van der Waals surface area (Å²) in [6.07, 6.45) is 0. The Hall–Kier alpha value is -6.03. The van der Waals surface area contributed by atoms with E-state index in [4.69, 9.17) is 4.42 Å². The molecule has 2 heterocycles. The number of para-hydroxylation sites is 2. The van der Waals surface area contributed by atoms with E-state index in [1.54, 1.807) is 0 Å². The standard InChI is InChI=1S/C47H29NOS/c1-2-13-30(14-3-1)48(31-25-26-34-33-16-5-9-22-42(33)49-43(34)29-31)41-28-27-35-32-15-4-6-18-37(32)47(40-21-12-17-36(41)46(35)40)38-19-7-10-23-44(38)50-45-24-11-8-20-39(45)47/h1-29H. The molecule has 1 aromatic heterocycles. The molecule has 1 spiro atoms. The van der Waals surface area contributed by atoms with Gasteiger partial charge in [-0.05, 0) is 87.3 Å². The van der Waals surface area contributed by atoms with Crippen molar-refractivity contribution in [2.24, 2.45) is 0 Å². The Kier molecular flexibility index (Phi) is 5.84. The summed E-state index contributed by atoms with van der Waals surface area (Å²) in [5.74, 6) is 0. The van der Waals surface area contributed by atoms with E-state index in [1.165, 1.54) is 53.9 Å². The lowest BCUT2D eigenvalue weighted by Crippen LogP contribution is -2.36. The average Bonchev–Trinajstić information content (AvgIpc) is 3.55. The lowest BCUT2D eigenvalue weighted by molar-refractivity contribution is 0.669. The molecule has 0 atom stereocenters. The monoisotopic (exact) mass is 655 g/mol. The van der Waals surface area contributed by atoms with Gasteiger partial charge in [-0.2, -0.15) is 0 Å². The minimum atomic E-state index is -0.467. The molecule has 3 heteroatoms. The fourth-order valence-corrected chi connectivity index (χ4v) is 9.94. The van der Waals surface area contributed by atoms with Crippen molar-refractivity contribution >= 4 is 61.5 Å². The fraction of sp³-hybridized carbons (Fsp3) is 0.0213.